The Morgan fingerprint density at radius 1 is 1.50 bits per heavy atom. The molecule has 1 aliphatic rings. The highest BCUT2D eigenvalue weighted by Gasteiger charge is 2.23. The van der Waals surface area contributed by atoms with Gasteiger partial charge in [-0.2, -0.15) is 5.10 Å². The van der Waals surface area contributed by atoms with E-state index in [9.17, 15) is 8.42 Å². The quantitative estimate of drug-likeness (QED) is 0.567. The van der Waals surface area contributed by atoms with Crippen molar-refractivity contribution in [2.24, 2.45) is 11.7 Å². The van der Waals surface area contributed by atoms with Crippen LogP contribution < -0.4 is 10.5 Å². The summed E-state index contributed by atoms with van der Waals surface area (Å²) in [5, 5.41) is 6.47. The Kier molecular flexibility index (Phi) is 5.14. The number of aryl methyl sites for hydroxylation is 1. The third-order valence-electron chi connectivity index (χ3n) is 3.30. The summed E-state index contributed by atoms with van der Waals surface area (Å²) in [5.41, 5.74) is 6.76. The van der Waals surface area contributed by atoms with Gasteiger partial charge in [0.15, 0.2) is 5.03 Å². The third-order valence-corrected chi connectivity index (χ3v) is 4.73. The molecule has 1 heterocycles. The Labute approximate surface area is 119 Å². The number of aromatic amines is 1. The van der Waals surface area contributed by atoms with Crippen LogP contribution in [-0.4, -0.2) is 38.4 Å². The maximum absolute atomic E-state index is 12.1. The van der Waals surface area contributed by atoms with E-state index in [1.165, 1.54) is 12.8 Å². The van der Waals surface area contributed by atoms with Crippen molar-refractivity contribution in [2.75, 3.05) is 19.8 Å². The van der Waals surface area contributed by atoms with Crippen molar-refractivity contribution in [3.8, 4) is 0 Å². The summed E-state index contributed by atoms with van der Waals surface area (Å²) >= 11 is 0. The molecule has 0 amide bonds. The number of ether oxygens (including phenoxy) is 1. The number of hydrogen-bond donors (Lipinski definition) is 3. The molecule has 0 atom stereocenters. The molecule has 4 N–H and O–H groups in total. The first-order valence-electron chi connectivity index (χ1n) is 6.86. The number of nitrogens with two attached hydrogens (primary N) is 1. The SMILES string of the molecule is Cc1[nH]nc(S(=O)(=O)NCCCOCC2CC2)c1CN. The Morgan fingerprint density at radius 3 is 2.90 bits per heavy atom. The lowest BCUT2D eigenvalue weighted by Gasteiger charge is -2.06. The average Bonchev–Trinajstić information content (AvgIpc) is 3.14. The van der Waals surface area contributed by atoms with Gasteiger partial charge in [0.1, 0.15) is 0 Å². The Bertz CT molecular complexity index is 537. The monoisotopic (exact) mass is 302 g/mol. The van der Waals surface area contributed by atoms with Gasteiger partial charge in [-0.25, -0.2) is 13.1 Å². The first-order valence-corrected chi connectivity index (χ1v) is 8.34. The molecule has 1 saturated carbocycles. The molecule has 1 aromatic heterocycles. The van der Waals surface area contributed by atoms with E-state index in [-0.39, 0.29) is 11.6 Å². The van der Waals surface area contributed by atoms with Crippen LogP contribution in [-0.2, 0) is 21.3 Å². The average molecular weight is 302 g/mol. The van der Waals surface area contributed by atoms with Gasteiger partial charge >= 0.3 is 0 Å². The molecule has 0 aliphatic heterocycles. The smallest absolute Gasteiger partial charge is 0.260 e. The topological polar surface area (TPSA) is 110 Å². The molecule has 0 unspecified atom stereocenters. The van der Waals surface area contributed by atoms with Crippen molar-refractivity contribution in [1.29, 1.82) is 0 Å². The molecule has 0 radical (unpaired) electrons. The molecule has 0 aromatic carbocycles. The summed E-state index contributed by atoms with van der Waals surface area (Å²) in [4.78, 5) is 0. The van der Waals surface area contributed by atoms with E-state index in [1.54, 1.807) is 6.92 Å². The third kappa shape index (κ3) is 4.02. The van der Waals surface area contributed by atoms with E-state index >= 15 is 0 Å². The zero-order chi connectivity index (χ0) is 14.6. The Morgan fingerprint density at radius 2 is 2.25 bits per heavy atom. The van der Waals surface area contributed by atoms with Gasteiger partial charge in [-0.3, -0.25) is 5.10 Å². The first-order chi connectivity index (χ1) is 9.54. The second-order valence-corrected chi connectivity index (χ2v) is 6.79. The lowest BCUT2D eigenvalue weighted by Crippen LogP contribution is -2.27. The molecular weight excluding hydrogens is 280 g/mol. The molecule has 8 heteroatoms. The van der Waals surface area contributed by atoms with E-state index in [0.29, 0.717) is 30.8 Å². The predicted molar refractivity (Wildman–Crippen MR) is 74.6 cm³/mol. The fourth-order valence-electron chi connectivity index (χ4n) is 1.88. The molecule has 1 aliphatic carbocycles. The molecule has 1 aromatic rings. The molecule has 0 saturated heterocycles. The van der Waals surface area contributed by atoms with Crippen LogP contribution in [0, 0.1) is 12.8 Å². The standard InChI is InChI=1S/C12H22N4O3S/c1-9-11(7-13)12(16-15-9)20(17,18)14-5-2-6-19-8-10-3-4-10/h10,14H,2-8,13H2,1H3,(H,15,16). The van der Waals surface area contributed by atoms with E-state index < -0.39 is 10.0 Å². The molecule has 114 valence electrons. The minimum atomic E-state index is -3.60. The van der Waals surface area contributed by atoms with Gasteiger partial charge in [0.05, 0.1) is 0 Å². The number of nitrogens with one attached hydrogen (secondary N) is 2. The lowest BCUT2D eigenvalue weighted by atomic mass is 10.3. The zero-order valence-corrected chi connectivity index (χ0v) is 12.5. The van der Waals surface area contributed by atoms with Gasteiger partial charge in [-0.05, 0) is 32.1 Å². The van der Waals surface area contributed by atoms with E-state index in [2.05, 4.69) is 14.9 Å². The normalized spacial score (nSPS) is 15.7. The van der Waals surface area contributed by atoms with Crippen molar-refractivity contribution >= 4 is 10.0 Å². The maximum atomic E-state index is 12.1. The highest BCUT2D eigenvalue weighted by atomic mass is 32.2. The number of rotatable bonds is 9. The largest absolute Gasteiger partial charge is 0.381 e. The van der Waals surface area contributed by atoms with Crippen LogP contribution in [0.3, 0.4) is 0 Å². The van der Waals surface area contributed by atoms with Gasteiger partial charge in [-0.15, -0.1) is 0 Å². The Balaban J connectivity index is 1.77. The lowest BCUT2D eigenvalue weighted by molar-refractivity contribution is 0.123. The van der Waals surface area contributed by atoms with Gasteiger partial charge < -0.3 is 10.5 Å². The number of H-pyrrole nitrogens is 1. The molecule has 20 heavy (non-hydrogen) atoms. The number of sulfonamides is 1. The summed E-state index contributed by atoms with van der Waals surface area (Å²) in [5.74, 6) is 0.728. The number of nitrogens with zero attached hydrogens (tertiary/aromatic N) is 1. The highest BCUT2D eigenvalue weighted by Crippen LogP contribution is 2.28. The van der Waals surface area contributed by atoms with E-state index in [0.717, 1.165) is 12.5 Å². The zero-order valence-electron chi connectivity index (χ0n) is 11.7. The second kappa shape index (κ2) is 6.66. The minimum Gasteiger partial charge on any atom is -0.381 e. The van der Waals surface area contributed by atoms with Crippen LogP contribution in [0.2, 0.25) is 0 Å². The summed E-state index contributed by atoms with van der Waals surface area (Å²) in [6, 6.07) is 0. The fourth-order valence-corrected chi connectivity index (χ4v) is 3.15. The van der Waals surface area contributed by atoms with Crippen molar-refractivity contribution in [3.05, 3.63) is 11.3 Å². The van der Waals surface area contributed by atoms with Crippen LogP contribution in [0.15, 0.2) is 5.03 Å². The van der Waals surface area contributed by atoms with Gasteiger partial charge in [0.25, 0.3) is 10.0 Å². The molecule has 7 nitrogen and oxygen atoms in total. The van der Waals surface area contributed by atoms with Crippen LogP contribution in [0.25, 0.3) is 0 Å². The molecule has 2 rings (SSSR count). The molecular formula is C12H22N4O3S. The highest BCUT2D eigenvalue weighted by molar-refractivity contribution is 7.89. The first kappa shape index (κ1) is 15.4. The van der Waals surface area contributed by atoms with Crippen molar-refractivity contribution in [1.82, 2.24) is 14.9 Å². The summed E-state index contributed by atoms with van der Waals surface area (Å²) in [6.45, 7) is 3.59. The predicted octanol–water partition coefficient (Wildman–Crippen LogP) is 0.272. The van der Waals surface area contributed by atoms with E-state index in [1.807, 2.05) is 0 Å². The van der Waals surface area contributed by atoms with Crippen molar-refractivity contribution in [2.45, 2.75) is 37.8 Å². The fraction of sp³-hybridized carbons (Fsp3) is 0.750. The van der Waals surface area contributed by atoms with Crippen LogP contribution in [0.4, 0.5) is 0 Å². The Hall–Kier alpha value is -0.960. The summed E-state index contributed by atoms with van der Waals surface area (Å²) in [6.07, 6.45) is 3.16. The second-order valence-electron chi connectivity index (χ2n) is 5.11. The van der Waals surface area contributed by atoms with Gasteiger partial charge in [-0.1, -0.05) is 0 Å². The number of aromatic nitrogens is 2. The number of hydrogen-bond acceptors (Lipinski definition) is 5. The van der Waals surface area contributed by atoms with Crippen LogP contribution in [0.5, 0.6) is 0 Å². The summed E-state index contributed by atoms with van der Waals surface area (Å²) < 4.78 is 32.1. The molecule has 0 spiro atoms. The van der Waals surface area contributed by atoms with Crippen molar-refractivity contribution < 1.29 is 13.2 Å². The van der Waals surface area contributed by atoms with Gasteiger partial charge in [0, 0.05) is 37.6 Å². The summed E-state index contributed by atoms with van der Waals surface area (Å²) in [7, 11) is -3.60. The van der Waals surface area contributed by atoms with Crippen LogP contribution >= 0.6 is 0 Å². The van der Waals surface area contributed by atoms with E-state index in [4.69, 9.17) is 10.5 Å². The van der Waals surface area contributed by atoms with Crippen molar-refractivity contribution in [3.63, 3.8) is 0 Å². The molecule has 0 bridgehead atoms. The minimum absolute atomic E-state index is 0.00333. The molecule has 1 fully saturated rings. The van der Waals surface area contributed by atoms with Gasteiger partial charge in [0.2, 0.25) is 0 Å². The maximum Gasteiger partial charge on any atom is 0.260 e. The van der Waals surface area contributed by atoms with Crippen LogP contribution in [0.1, 0.15) is 30.5 Å².